The first-order chi connectivity index (χ1) is 57.3. The third-order valence-corrected chi connectivity index (χ3v) is 22.7. The Kier molecular flexibility index (Phi) is 17.0. The van der Waals surface area contributed by atoms with E-state index >= 15 is 17.6 Å². The molecular weight excluding hydrogens is 1430 g/mol. The van der Waals surface area contributed by atoms with Gasteiger partial charge in [0.15, 0.2) is 0 Å². The van der Waals surface area contributed by atoms with Crippen LogP contribution in [0.3, 0.4) is 0 Å². The van der Waals surface area contributed by atoms with Crippen molar-refractivity contribution in [3.05, 3.63) is 436 Å². The standard InChI is InChI=1S/C102H68B2F4N8/c105-85-49-25-29-53-89(85)113-93-61-77(109(69-33-9-1-10-34-69)70-35-11-2-12-36-70)57-59-81(93)103-83-67-84-96(68-95(83)115(91-55-31-27-51-87(91)107)99-65-79(63-97(113)101(99)103)111(73-41-17-5-18-42-73)74-43-19-6-20-44-74)116(92-56-32-28-52-88(92)108)100-66-80(112(75-45-21-7-22-46-75)76-47-23-8-24-48-76)64-98-102(100)104(84)82-60-58-78(62-94(82)114(98)90-54-30-26-50-86(90)106)110(71-37-13-3-14-38-71)72-39-15-4-16-40-72/h1-68H. The van der Waals surface area contributed by atoms with Crippen molar-refractivity contribution in [2.24, 2.45) is 0 Å². The molecule has 0 radical (unpaired) electrons. The molecule has 0 aliphatic carbocycles. The second kappa shape index (κ2) is 28.6. The van der Waals surface area contributed by atoms with Crippen molar-refractivity contribution in [3.8, 4) is 0 Å². The molecule has 4 aliphatic heterocycles. The Morgan fingerprint density at radius 2 is 0.353 bits per heavy atom. The molecule has 17 aromatic rings. The first kappa shape index (κ1) is 69.0. The van der Waals surface area contributed by atoms with Crippen LogP contribution in [0.5, 0.6) is 0 Å². The second-order valence-electron chi connectivity index (χ2n) is 29.3. The number of para-hydroxylation sites is 12. The Labute approximate surface area is 671 Å². The van der Waals surface area contributed by atoms with Crippen molar-refractivity contribution in [1.29, 1.82) is 0 Å². The molecule has 21 rings (SSSR count). The van der Waals surface area contributed by atoms with E-state index in [0.29, 0.717) is 68.2 Å². The summed E-state index contributed by atoms with van der Waals surface area (Å²) in [5.74, 6) is -1.90. The lowest BCUT2D eigenvalue weighted by atomic mass is 9.30. The van der Waals surface area contributed by atoms with E-state index in [0.717, 1.165) is 89.7 Å². The van der Waals surface area contributed by atoms with E-state index in [2.05, 4.69) is 199 Å². The van der Waals surface area contributed by atoms with Crippen LogP contribution in [0.15, 0.2) is 413 Å². The molecule has 0 saturated carbocycles. The van der Waals surface area contributed by atoms with E-state index < -0.39 is 36.7 Å². The number of nitrogens with zero attached hydrogens (tertiary/aromatic N) is 8. The molecule has 0 atom stereocenters. The van der Waals surface area contributed by atoms with Crippen LogP contribution >= 0.6 is 0 Å². The maximum Gasteiger partial charge on any atom is 0.252 e. The topological polar surface area (TPSA) is 25.9 Å². The summed E-state index contributed by atoms with van der Waals surface area (Å²) in [4.78, 5) is 17.0. The van der Waals surface area contributed by atoms with Gasteiger partial charge in [0.2, 0.25) is 0 Å². The summed E-state index contributed by atoms with van der Waals surface area (Å²) in [6.07, 6.45) is 0. The lowest BCUT2D eigenvalue weighted by Gasteiger charge is -2.48. The normalized spacial score (nSPS) is 12.6. The van der Waals surface area contributed by atoms with Crippen molar-refractivity contribution >= 4 is 183 Å². The third kappa shape index (κ3) is 11.5. The van der Waals surface area contributed by atoms with Crippen LogP contribution in [0.2, 0.25) is 0 Å². The highest BCUT2D eigenvalue weighted by Crippen LogP contribution is 2.55. The van der Waals surface area contributed by atoms with Gasteiger partial charge in [-0.15, -0.1) is 0 Å². The number of rotatable bonds is 16. The fourth-order valence-corrected chi connectivity index (χ4v) is 17.9. The third-order valence-electron chi connectivity index (χ3n) is 22.7. The average Bonchev–Trinajstić information content (AvgIpc) is 0.681. The number of fused-ring (bicyclic) bond motifs is 8. The lowest BCUT2D eigenvalue weighted by Crippen LogP contribution is -2.65. The van der Waals surface area contributed by atoms with Crippen molar-refractivity contribution < 1.29 is 17.6 Å². The summed E-state index contributed by atoms with van der Waals surface area (Å²) in [5, 5.41) is 0. The van der Waals surface area contributed by atoms with Gasteiger partial charge in [-0.2, -0.15) is 0 Å². The number of halogens is 4. The molecule has 550 valence electrons. The smallest absolute Gasteiger partial charge is 0.252 e. The Morgan fingerprint density at radius 1 is 0.155 bits per heavy atom. The van der Waals surface area contributed by atoms with E-state index in [4.69, 9.17) is 0 Å². The lowest BCUT2D eigenvalue weighted by molar-refractivity contribution is 0.628. The summed E-state index contributed by atoms with van der Waals surface area (Å²) in [5.41, 5.74) is 21.2. The van der Waals surface area contributed by atoms with Crippen LogP contribution in [0.1, 0.15) is 0 Å². The van der Waals surface area contributed by atoms with E-state index in [1.807, 2.05) is 204 Å². The van der Waals surface area contributed by atoms with E-state index in [9.17, 15) is 0 Å². The Bertz CT molecular complexity index is 6050. The van der Waals surface area contributed by atoms with Crippen molar-refractivity contribution in [3.63, 3.8) is 0 Å². The van der Waals surface area contributed by atoms with Crippen LogP contribution < -0.4 is 72.0 Å². The molecule has 0 bridgehead atoms. The molecule has 0 amide bonds. The number of hydrogen-bond donors (Lipinski definition) is 0. The molecule has 8 nitrogen and oxygen atoms in total. The first-order valence-corrected chi connectivity index (χ1v) is 38.9. The van der Waals surface area contributed by atoms with Gasteiger partial charge in [-0.3, -0.25) is 0 Å². The SMILES string of the molecule is Fc1ccccc1N1c2cc(N(c3ccccc3)c3ccccc3)ccc2B2c3cc4c(cc3N(c3ccccc3F)c3cc(N(c5ccccc5)c5ccccc5)cc1c32)N(c1ccccc1F)c1cc(N(c2ccccc2)c2ccccc2)cc2c1B4c1ccc(N(c3ccccc3)c3ccccc3)cc1N2c1ccccc1F. The monoisotopic (exact) mass is 1500 g/mol. The minimum absolute atomic E-state index is 0.245. The highest BCUT2D eigenvalue weighted by Gasteiger charge is 2.50. The van der Waals surface area contributed by atoms with Crippen LogP contribution in [0.4, 0.5) is 154 Å². The zero-order valence-electron chi connectivity index (χ0n) is 62.5. The minimum Gasteiger partial charge on any atom is -0.310 e. The zero-order chi connectivity index (χ0) is 77.5. The Balaban J connectivity index is 0.915. The second-order valence-corrected chi connectivity index (χ2v) is 29.3. The van der Waals surface area contributed by atoms with Gasteiger partial charge < -0.3 is 39.2 Å². The Morgan fingerprint density at radius 3 is 0.586 bits per heavy atom. The summed E-state index contributed by atoms with van der Waals surface area (Å²) in [6, 6.07) is 135. The first-order valence-electron chi connectivity index (χ1n) is 38.9. The number of benzene rings is 17. The fourth-order valence-electron chi connectivity index (χ4n) is 17.9. The number of anilines is 24. The molecule has 0 saturated heterocycles. The van der Waals surface area contributed by atoms with Gasteiger partial charge >= 0.3 is 0 Å². The summed E-state index contributed by atoms with van der Waals surface area (Å²) in [6.45, 7) is -1.37. The van der Waals surface area contributed by atoms with Gasteiger partial charge in [0.1, 0.15) is 23.3 Å². The molecule has 14 heteroatoms. The molecule has 0 fully saturated rings. The van der Waals surface area contributed by atoms with Crippen LogP contribution in [0, 0.1) is 23.3 Å². The number of hydrogen-bond acceptors (Lipinski definition) is 8. The average molecular weight is 1500 g/mol. The van der Waals surface area contributed by atoms with Crippen LogP contribution in [-0.4, -0.2) is 13.4 Å². The molecule has 0 N–H and O–H groups in total. The zero-order valence-corrected chi connectivity index (χ0v) is 62.5. The summed E-state index contributed by atoms with van der Waals surface area (Å²) >= 11 is 0. The van der Waals surface area contributed by atoms with Crippen LogP contribution in [-0.2, 0) is 0 Å². The van der Waals surface area contributed by atoms with Crippen LogP contribution in [0.25, 0.3) is 0 Å². The largest absolute Gasteiger partial charge is 0.310 e. The Hall–Kier alpha value is -15.0. The molecule has 116 heavy (non-hydrogen) atoms. The maximum atomic E-state index is 18.4. The molecule has 4 heterocycles. The molecule has 0 aromatic heterocycles. The quantitative estimate of drug-likeness (QED) is 0.0698. The predicted molar refractivity (Wildman–Crippen MR) is 473 cm³/mol. The molecular formula is C102H68B2F4N8. The molecule has 17 aromatic carbocycles. The van der Waals surface area contributed by atoms with Gasteiger partial charge in [0.05, 0.1) is 34.1 Å². The van der Waals surface area contributed by atoms with Crippen molar-refractivity contribution in [1.82, 2.24) is 0 Å². The fraction of sp³-hybridized carbons (Fsp3) is 0. The summed E-state index contributed by atoms with van der Waals surface area (Å²) in [7, 11) is 0. The van der Waals surface area contributed by atoms with Gasteiger partial charge in [-0.05, 0) is 233 Å². The van der Waals surface area contributed by atoms with Gasteiger partial charge in [0, 0.05) is 102 Å². The highest BCUT2D eigenvalue weighted by atomic mass is 19.1. The molecule has 0 unspecified atom stereocenters. The van der Waals surface area contributed by atoms with E-state index in [1.165, 1.54) is 24.3 Å². The van der Waals surface area contributed by atoms with Crippen molar-refractivity contribution in [2.45, 2.75) is 0 Å². The maximum absolute atomic E-state index is 18.4. The molecule has 4 aliphatic rings. The van der Waals surface area contributed by atoms with Gasteiger partial charge in [-0.1, -0.05) is 212 Å². The van der Waals surface area contributed by atoms with Gasteiger partial charge in [0.25, 0.3) is 13.4 Å². The van der Waals surface area contributed by atoms with Gasteiger partial charge in [-0.25, -0.2) is 17.6 Å². The molecule has 0 spiro atoms. The predicted octanol–water partition coefficient (Wildman–Crippen LogP) is 24.3. The van der Waals surface area contributed by atoms with Crippen molar-refractivity contribution in [2.75, 3.05) is 39.2 Å². The summed E-state index contributed by atoms with van der Waals surface area (Å²) < 4.78 is 73.0. The van der Waals surface area contributed by atoms with E-state index in [1.54, 1.807) is 24.3 Å². The highest BCUT2D eigenvalue weighted by molar-refractivity contribution is 7.03. The minimum atomic E-state index is -0.686. The van der Waals surface area contributed by atoms with E-state index in [-0.39, 0.29) is 11.4 Å².